The molecule has 0 fully saturated rings. The highest BCUT2D eigenvalue weighted by molar-refractivity contribution is 7.98. The SMILES string of the molecule is COc1ccc(CSc2nnc(-c3cccnc3)n2-c2ccccc2C)cc1F. The molecule has 0 saturated heterocycles. The molecule has 29 heavy (non-hydrogen) atoms. The predicted octanol–water partition coefficient (Wildman–Crippen LogP) is 5.08. The van der Waals surface area contributed by atoms with E-state index in [4.69, 9.17) is 4.74 Å². The summed E-state index contributed by atoms with van der Waals surface area (Å²) in [6.07, 6.45) is 3.50. The van der Waals surface area contributed by atoms with Gasteiger partial charge in [0.05, 0.1) is 12.8 Å². The quantitative estimate of drug-likeness (QED) is 0.418. The van der Waals surface area contributed by atoms with Crippen LogP contribution < -0.4 is 4.74 Å². The zero-order valence-corrected chi connectivity index (χ0v) is 16.9. The van der Waals surface area contributed by atoms with Crippen molar-refractivity contribution in [2.24, 2.45) is 0 Å². The Morgan fingerprint density at radius 2 is 1.93 bits per heavy atom. The van der Waals surface area contributed by atoms with Gasteiger partial charge in [-0.05, 0) is 48.4 Å². The van der Waals surface area contributed by atoms with Crippen LogP contribution in [0, 0.1) is 12.7 Å². The molecule has 5 nitrogen and oxygen atoms in total. The Bertz CT molecular complexity index is 1130. The van der Waals surface area contributed by atoms with E-state index in [9.17, 15) is 4.39 Å². The molecule has 0 saturated carbocycles. The van der Waals surface area contributed by atoms with Crippen LogP contribution in [0.4, 0.5) is 4.39 Å². The minimum absolute atomic E-state index is 0.237. The Kier molecular flexibility index (Phi) is 5.57. The predicted molar refractivity (Wildman–Crippen MR) is 112 cm³/mol. The third-order valence-corrected chi connectivity index (χ3v) is 5.49. The van der Waals surface area contributed by atoms with Gasteiger partial charge >= 0.3 is 0 Å². The Balaban J connectivity index is 1.71. The first-order valence-corrected chi connectivity index (χ1v) is 10.0. The highest BCUT2D eigenvalue weighted by Crippen LogP contribution is 2.31. The smallest absolute Gasteiger partial charge is 0.196 e. The summed E-state index contributed by atoms with van der Waals surface area (Å²) in [5.41, 5.74) is 3.83. The minimum Gasteiger partial charge on any atom is -0.494 e. The largest absolute Gasteiger partial charge is 0.494 e. The molecule has 0 N–H and O–H groups in total. The fourth-order valence-electron chi connectivity index (χ4n) is 3.02. The molecule has 7 heteroatoms. The maximum Gasteiger partial charge on any atom is 0.196 e. The molecule has 0 bridgehead atoms. The third kappa shape index (κ3) is 4.00. The summed E-state index contributed by atoms with van der Waals surface area (Å²) in [4.78, 5) is 4.21. The summed E-state index contributed by atoms with van der Waals surface area (Å²) in [6, 6.07) is 16.9. The van der Waals surface area contributed by atoms with E-state index in [0.29, 0.717) is 5.75 Å². The van der Waals surface area contributed by atoms with Crippen molar-refractivity contribution >= 4 is 11.8 Å². The number of ether oxygens (including phenoxy) is 1. The van der Waals surface area contributed by atoms with E-state index in [1.165, 1.54) is 24.9 Å². The van der Waals surface area contributed by atoms with Gasteiger partial charge in [0.1, 0.15) is 0 Å². The van der Waals surface area contributed by atoms with Crippen LogP contribution in [0.2, 0.25) is 0 Å². The van der Waals surface area contributed by atoms with Gasteiger partial charge in [-0.2, -0.15) is 0 Å². The molecule has 0 amide bonds. The lowest BCUT2D eigenvalue weighted by Crippen LogP contribution is -2.02. The number of hydrogen-bond donors (Lipinski definition) is 0. The number of para-hydroxylation sites is 1. The lowest BCUT2D eigenvalue weighted by molar-refractivity contribution is 0.386. The molecule has 0 atom stereocenters. The number of rotatable bonds is 6. The molecule has 0 radical (unpaired) electrons. The number of nitrogens with zero attached hydrogens (tertiary/aromatic N) is 4. The molecule has 0 aliphatic heterocycles. The average molecular weight is 406 g/mol. The Hall–Kier alpha value is -3.19. The standard InChI is InChI=1S/C22H19FN4OS/c1-15-6-3-4-8-19(15)27-21(17-7-5-11-24-13-17)25-26-22(27)29-14-16-9-10-20(28-2)18(23)12-16/h3-13H,14H2,1-2H3. The normalized spacial score (nSPS) is 10.9. The first kappa shape index (κ1) is 19.1. The van der Waals surface area contributed by atoms with Crippen molar-refractivity contribution in [1.82, 2.24) is 19.7 Å². The average Bonchev–Trinajstić information content (AvgIpc) is 3.17. The Morgan fingerprint density at radius 1 is 1.07 bits per heavy atom. The molecular weight excluding hydrogens is 387 g/mol. The second-order valence-corrected chi connectivity index (χ2v) is 7.37. The lowest BCUT2D eigenvalue weighted by Gasteiger charge is -2.13. The fourth-order valence-corrected chi connectivity index (χ4v) is 3.91. The summed E-state index contributed by atoms with van der Waals surface area (Å²) in [5.74, 6) is 1.14. The first-order valence-electron chi connectivity index (χ1n) is 9.04. The van der Waals surface area contributed by atoms with Gasteiger partial charge in [0.25, 0.3) is 0 Å². The first-order chi connectivity index (χ1) is 14.2. The molecule has 0 aliphatic carbocycles. The van der Waals surface area contributed by atoms with Crippen molar-refractivity contribution < 1.29 is 9.13 Å². The van der Waals surface area contributed by atoms with Gasteiger partial charge < -0.3 is 4.74 Å². The maximum absolute atomic E-state index is 14.0. The minimum atomic E-state index is -0.373. The van der Waals surface area contributed by atoms with Gasteiger partial charge in [0.15, 0.2) is 22.5 Å². The summed E-state index contributed by atoms with van der Waals surface area (Å²) in [7, 11) is 1.46. The molecule has 4 aromatic rings. The topological polar surface area (TPSA) is 52.8 Å². The van der Waals surface area contributed by atoms with E-state index in [0.717, 1.165) is 33.4 Å². The highest BCUT2D eigenvalue weighted by Gasteiger charge is 2.18. The summed E-state index contributed by atoms with van der Waals surface area (Å²) in [5, 5.41) is 9.56. The van der Waals surface area contributed by atoms with Crippen molar-refractivity contribution in [3.8, 4) is 22.8 Å². The number of halogens is 1. The van der Waals surface area contributed by atoms with Gasteiger partial charge in [-0.3, -0.25) is 9.55 Å². The molecule has 146 valence electrons. The number of methoxy groups -OCH3 is 1. The van der Waals surface area contributed by atoms with E-state index < -0.39 is 0 Å². The second kappa shape index (κ2) is 8.45. The van der Waals surface area contributed by atoms with Crippen molar-refractivity contribution in [2.45, 2.75) is 17.8 Å². The monoisotopic (exact) mass is 406 g/mol. The van der Waals surface area contributed by atoms with Gasteiger partial charge in [-0.25, -0.2) is 4.39 Å². The van der Waals surface area contributed by atoms with Crippen LogP contribution in [0.1, 0.15) is 11.1 Å². The third-order valence-electron chi connectivity index (χ3n) is 4.49. The highest BCUT2D eigenvalue weighted by atomic mass is 32.2. The zero-order chi connectivity index (χ0) is 20.2. The Morgan fingerprint density at radius 3 is 2.66 bits per heavy atom. The van der Waals surface area contributed by atoms with Crippen molar-refractivity contribution in [1.29, 1.82) is 0 Å². The van der Waals surface area contributed by atoms with E-state index in [2.05, 4.69) is 28.2 Å². The van der Waals surface area contributed by atoms with Crippen LogP contribution in [0.25, 0.3) is 17.1 Å². The lowest BCUT2D eigenvalue weighted by atomic mass is 10.2. The number of aromatic nitrogens is 4. The number of aryl methyl sites for hydroxylation is 1. The summed E-state index contributed by atoms with van der Waals surface area (Å²) in [6.45, 7) is 2.05. The van der Waals surface area contributed by atoms with Crippen LogP contribution in [0.15, 0.2) is 72.1 Å². The van der Waals surface area contributed by atoms with Crippen LogP contribution in [-0.2, 0) is 5.75 Å². The second-order valence-electron chi connectivity index (χ2n) is 6.43. The molecule has 2 aromatic carbocycles. The Labute approximate surface area is 172 Å². The van der Waals surface area contributed by atoms with Crippen LogP contribution in [0.3, 0.4) is 0 Å². The molecule has 0 spiro atoms. The molecule has 2 heterocycles. The van der Waals surface area contributed by atoms with E-state index in [1.54, 1.807) is 18.5 Å². The molecule has 0 unspecified atom stereocenters. The van der Waals surface area contributed by atoms with E-state index in [1.807, 2.05) is 41.0 Å². The van der Waals surface area contributed by atoms with Gasteiger partial charge in [0.2, 0.25) is 0 Å². The van der Waals surface area contributed by atoms with Crippen molar-refractivity contribution in [2.75, 3.05) is 7.11 Å². The molecular formula is C22H19FN4OS. The van der Waals surface area contributed by atoms with Crippen molar-refractivity contribution in [3.63, 3.8) is 0 Å². The molecule has 2 aromatic heterocycles. The fraction of sp³-hybridized carbons (Fsp3) is 0.136. The number of pyridine rings is 1. The maximum atomic E-state index is 14.0. The number of thioether (sulfide) groups is 1. The summed E-state index contributed by atoms with van der Waals surface area (Å²) < 4.78 is 21.0. The van der Waals surface area contributed by atoms with E-state index >= 15 is 0 Å². The van der Waals surface area contributed by atoms with Gasteiger partial charge in [-0.15, -0.1) is 10.2 Å². The zero-order valence-electron chi connectivity index (χ0n) is 16.0. The van der Waals surface area contributed by atoms with Gasteiger partial charge in [-0.1, -0.05) is 36.0 Å². The molecule has 0 aliphatic rings. The van der Waals surface area contributed by atoms with E-state index in [-0.39, 0.29) is 11.6 Å². The van der Waals surface area contributed by atoms with Crippen LogP contribution >= 0.6 is 11.8 Å². The summed E-state index contributed by atoms with van der Waals surface area (Å²) >= 11 is 1.50. The van der Waals surface area contributed by atoms with Crippen molar-refractivity contribution in [3.05, 3.63) is 83.9 Å². The number of benzene rings is 2. The number of hydrogen-bond acceptors (Lipinski definition) is 5. The van der Waals surface area contributed by atoms with Gasteiger partial charge in [0, 0.05) is 23.7 Å². The van der Waals surface area contributed by atoms with Crippen LogP contribution in [0.5, 0.6) is 5.75 Å². The molecule has 4 rings (SSSR count). The van der Waals surface area contributed by atoms with Crippen LogP contribution in [-0.4, -0.2) is 26.9 Å².